The van der Waals surface area contributed by atoms with Crippen molar-refractivity contribution in [2.24, 2.45) is 23.7 Å². The van der Waals surface area contributed by atoms with E-state index in [-0.39, 0.29) is 5.91 Å². The molecule has 1 amide bonds. The summed E-state index contributed by atoms with van der Waals surface area (Å²) in [4.78, 5) is 12.6. The van der Waals surface area contributed by atoms with Crippen molar-refractivity contribution in [3.8, 4) is 5.69 Å². The topological polar surface area (TPSA) is 34.0 Å². The first-order valence-electron chi connectivity index (χ1n) is 9.76. The van der Waals surface area contributed by atoms with Crippen LogP contribution in [-0.2, 0) is 11.2 Å². The monoisotopic (exact) mass is 334 g/mol. The summed E-state index contributed by atoms with van der Waals surface area (Å²) in [5.74, 6) is 3.60. The quantitative estimate of drug-likeness (QED) is 0.902. The fourth-order valence-corrected chi connectivity index (χ4v) is 5.88. The molecule has 4 fully saturated rings. The zero-order valence-electron chi connectivity index (χ0n) is 14.6. The molecule has 0 aliphatic heterocycles. The van der Waals surface area contributed by atoms with E-state index in [9.17, 15) is 4.79 Å². The lowest BCUT2D eigenvalue weighted by molar-refractivity contribution is -0.124. The Morgan fingerprint density at radius 1 is 0.920 bits per heavy atom. The Kier molecular flexibility index (Phi) is 3.69. The highest BCUT2D eigenvalue weighted by Gasteiger charge is 2.48. The summed E-state index contributed by atoms with van der Waals surface area (Å²) < 4.78 is 2.08. The van der Waals surface area contributed by atoms with Crippen LogP contribution in [0.15, 0.2) is 48.8 Å². The lowest BCUT2D eigenvalue weighted by Crippen LogP contribution is -2.56. The van der Waals surface area contributed by atoms with Crippen LogP contribution in [0.3, 0.4) is 0 Å². The zero-order valence-corrected chi connectivity index (χ0v) is 14.6. The van der Waals surface area contributed by atoms with Crippen LogP contribution in [0, 0.1) is 23.7 Å². The summed E-state index contributed by atoms with van der Waals surface area (Å²) >= 11 is 0. The molecule has 1 N–H and O–H groups in total. The minimum atomic E-state index is 0.200. The zero-order chi connectivity index (χ0) is 16.8. The van der Waals surface area contributed by atoms with Crippen molar-refractivity contribution in [2.75, 3.05) is 0 Å². The van der Waals surface area contributed by atoms with Crippen LogP contribution in [0.25, 0.3) is 5.69 Å². The predicted octanol–water partition coefficient (Wildman–Crippen LogP) is 3.96. The first-order chi connectivity index (χ1) is 12.2. The largest absolute Gasteiger partial charge is 0.353 e. The number of aromatic nitrogens is 1. The van der Waals surface area contributed by atoms with Gasteiger partial charge in [-0.3, -0.25) is 4.79 Å². The molecule has 0 unspecified atom stereocenters. The van der Waals surface area contributed by atoms with Crippen molar-refractivity contribution >= 4 is 5.91 Å². The molecule has 1 aromatic carbocycles. The van der Waals surface area contributed by atoms with Gasteiger partial charge in [-0.2, -0.15) is 0 Å². The highest BCUT2D eigenvalue weighted by atomic mass is 16.1. The number of hydrogen-bond donors (Lipinski definition) is 1. The third kappa shape index (κ3) is 2.90. The minimum Gasteiger partial charge on any atom is -0.353 e. The number of carbonyl (C=O) groups excluding carboxylic acids is 1. The van der Waals surface area contributed by atoms with Crippen LogP contribution in [0.5, 0.6) is 0 Å². The van der Waals surface area contributed by atoms with Crippen molar-refractivity contribution in [3.05, 3.63) is 54.4 Å². The maximum atomic E-state index is 12.6. The van der Waals surface area contributed by atoms with Crippen LogP contribution in [-0.4, -0.2) is 16.5 Å². The Hall–Kier alpha value is -2.03. The van der Waals surface area contributed by atoms with E-state index in [0.717, 1.165) is 34.9 Å². The maximum Gasteiger partial charge on any atom is 0.224 e. The van der Waals surface area contributed by atoms with Gasteiger partial charge < -0.3 is 9.88 Å². The van der Waals surface area contributed by atoms with E-state index in [1.807, 2.05) is 24.5 Å². The molecular formula is C22H26N2O. The van der Waals surface area contributed by atoms with E-state index in [4.69, 9.17) is 0 Å². The summed E-state index contributed by atoms with van der Waals surface area (Å²) in [6.07, 6.45) is 11.4. The Labute approximate surface area is 149 Å². The van der Waals surface area contributed by atoms with Gasteiger partial charge in [0, 0.05) is 24.1 Å². The summed E-state index contributed by atoms with van der Waals surface area (Å²) in [5, 5.41) is 3.41. The lowest BCUT2D eigenvalue weighted by atomic mass is 9.54. The number of nitrogens with zero attached hydrogens (tertiary/aromatic N) is 1. The average molecular weight is 334 g/mol. The Bertz CT molecular complexity index is 719. The fourth-order valence-electron chi connectivity index (χ4n) is 5.88. The molecule has 0 saturated heterocycles. The summed E-state index contributed by atoms with van der Waals surface area (Å²) in [5.41, 5.74) is 2.23. The second-order valence-corrected chi connectivity index (χ2v) is 8.46. The Morgan fingerprint density at radius 2 is 1.52 bits per heavy atom. The molecule has 1 heterocycles. The summed E-state index contributed by atoms with van der Waals surface area (Å²) in [6.45, 7) is 0. The third-order valence-corrected chi connectivity index (χ3v) is 6.76. The first kappa shape index (κ1) is 15.2. The standard InChI is InChI=1S/C22H26N2O/c25-21(14-15-3-5-20(6-4-15)24-7-1-2-8-24)23-22-18-10-16-9-17(12-18)13-19(22)11-16/h1-8,16-19,22H,9-14H2,(H,23,25). The second kappa shape index (κ2) is 6.05. The highest BCUT2D eigenvalue weighted by molar-refractivity contribution is 5.79. The van der Waals surface area contributed by atoms with Gasteiger partial charge in [-0.05, 0) is 85.6 Å². The number of nitrogens with one attached hydrogen (secondary N) is 1. The van der Waals surface area contributed by atoms with Crippen LogP contribution < -0.4 is 5.32 Å². The van der Waals surface area contributed by atoms with Crippen molar-refractivity contribution < 1.29 is 4.79 Å². The van der Waals surface area contributed by atoms with E-state index >= 15 is 0 Å². The normalized spacial score (nSPS) is 32.7. The van der Waals surface area contributed by atoms with Gasteiger partial charge in [0.1, 0.15) is 0 Å². The smallest absolute Gasteiger partial charge is 0.224 e. The predicted molar refractivity (Wildman–Crippen MR) is 98.4 cm³/mol. The number of carbonyl (C=O) groups is 1. The van der Waals surface area contributed by atoms with Gasteiger partial charge in [0.05, 0.1) is 6.42 Å². The summed E-state index contributed by atoms with van der Waals surface area (Å²) in [6, 6.07) is 12.8. The number of amides is 1. The molecule has 1 aromatic heterocycles. The van der Waals surface area contributed by atoms with Crippen LogP contribution in [0.2, 0.25) is 0 Å². The van der Waals surface area contributed by atoms with Crippen molar-refractivity contribution in [1.29, 1.82) is 0 Å². The number of hydrogen-bond acceptors (Lipinski definition) is 1. The molecule has 3 heteroatoms. The molecule has 0 radical (unpaired) electrons. The molecule has 4 aliphatic rings. The van der Waals surface area contributed by atoms with Crippen LogP contribution >= 0.6 is 0 Å². The maximum absolute atomic E-state index is 12.6. The van der Waals surface area contributed by atoms with E-state index in [2.05, 4.69) is 34.1 Å². The van der Waals surface area contributed by atoms with Gasteiger partial charge >= 0.3 is 0 Å². The van der Waals surface area contributed by atoms with Gasteiger partial charge in [-0.25, -0.2) is 0 Å². The molecule has 25 heavy (non-hydrogen) atoms. The molecule has 4 saturated carbocycles. The minimum absolute atomic E-state index is 0.200. The average Bonchev–Trinajstić information content (AvgIpc) is 3.13. The fraction of sp³-hybridized carbons (Fsp3) is 0.500. The van der Waals surface area contributed by atoms with Crippen LogP contribution in [0.4, 0.5) is 0 Å². The molecule has 2 aromatic rings. The molecule has 6 rings (SSSR count). The van der Waals surface area contributed by atoms with E-state index in [1.54, 1.807) is 0 Å². The van der Waals surface area contributed by atoms with E-state index in [0.29, 0.717) is 12.5 Å². The van der Waals surface area contributed by atoms with Gasteiger partial charge in [-0.15, -0.1) is 0 Å². The van der Waals surface area contributed by atoms with E-state index < -0.39 is 0 Å². The Morgan fingerprint density at radius 3 is 2.12 bits per heavy atom. The molecular weight excluding hydrogens is 308 g/mol. The molecule has 0 atom stereocenters. The van der Waals surface area contributed by atoms with Crippen molar-refractivity contribution in [2.45, 2.75) is 44.6 Å². The van der Waals surface area contributed by atoms with Crippen molar-refractivity contribution in [1.82, 2.24) is 9.88 Å². The third-order valence-electron chi connectivity index (χ3n) is 6.76. The van der Waals surface area contributed by atoms with Gasteiger partial charge in [0.15, 0.2) is 0 Å². The first-order valence-corrected chi connectivity index (χ1v) is 9.76. The second-order valence-electron chi connectivity index (χ2n) is 8.46. The SMILES string of the molecule is O=C(Cc1ccc(-n2cccc2)cc1)NC1C2CC3CC(C2)CC1C3. The van der Waals surface area contributed by atoms with E-state index in [1.165, 1.54) is 32.1 Å². The molecule has 4 aliphatic carbocycles. The molecule has 130 valence electrons. The molecule has 4 bridgehead atoms. The van der Waals surface area contributed by atoms with Gasteiger partial charge in [0.25, 0.3) is 0 Å². The molecule has 3 nitrogen and oxygen atoms in total. The van der Waals surface area contributed by atoms with Gasteiger partial charge in [0.2, 0.25) is 5.91 Å². The van der Waals surface area contributed by atoms with Gasteiger partial charge in [-0.1, -0.05) is 12.1 Å². The number of benzene rings is 1. The lowest BCUT2D eigenvalue weighted by Gasteiger charge is -2.54. The number of rotatable bonds is 4. The van der Waals surface area contributed by atoms with Crippen molar-refractivity contribution in [3.63, 3.8) is 0 Å². The Balaban J connectivity index is 1.22. The molecule has 0 spiro atoms. The summed E-state index contributed by atoms with van der Waals surface area (Å²) in [7, 11) is 0. The highest BCUT2D eigenvalue weighted by Crippen LogP contribution is 2.53. The van der Waals surface area contributed by atoms with Crippen LogP contribution in [0.1, 0.15) is 37.7 Å².